The van der Waals surface area contributed by atoms with E-state index in [9.17, 15) is 4.79 Å². The van der Waals surface area contributed by atoms with E-state index in [4.69, 9.17) is 4.74 Å². The first kappa shape index (κ1) is 18.9. The molecule has 29 heavy (non-hydrogen) atoms. The molecule has 0 atom stereocenters. The Kier molecular flexibility index (Phi) is 5.95. The fourth-order valence-electron chi connectivity index (χ4n) is 3.40. The van der Waals surface area contributed by atoms with E-state index in [1.807, 2.05) is 54.6 Å². The lowest BCUT2D eigenvalue weighted by atomic mass is 10.2. The molecule has 1 heterocycles. The molecule has 5 nitrogen and oxygen atoms in total. The van der Waals surface area contributed by atoms with Crippen LogP contribution in [-0.2, 0) is 4.79 Å². The van der Waals surface area contributed by atoms with Crippen LogP contribution in [0.15, 0.2) is 78.9 Å². The number of para-hydroxylation sites is 1. The molecule has 4 rings (SSSR count). The molecule has 0 unspecified atom stereocenters. The Morgan fingerprint density at radius 3 is 2.03 bits per heavy atom. The lowest BCUT2D eigenvalue weighted by Crippen LogP contribution is -2.20. The first-order chi connectivity index (χ1) is 14.3. The average molecular weight is 387 g/mol. The van der Waals surface area contributed by atoms with Crippen molar-refractivity contribution in [3.05, 3.63) is 78.9 Å². The van der Waals surface area contributed by atoms with Gasteiger partial charge < -0.3 is 20.3 Å². The Bertz CT molecular complexity index is 919. The predicted molar refractivity (Wildman–Crippen MR) is 118 cm³/mol. The van der Waals surface area contributed by atoms with Crippen LogP contribution in [0.4, 0.5) is 22.7 Å². The molecule has 1 aliphatic rings. The smallest absolute Gasteiger partial charge is 0.262 e. The van der Waals surface area contributed by atoms with Gasteiger partial charge in [-0.1, -0.05) is 18.2 Å². The van der Waals surface area contributed by atoms with E-state index in [2.05, 4.69) is 39.8 Å². The molecular formula is C24H25N3O2. The summed E-state index contributed by atoms with van der Waals surface area (Å²) < 4.78 is 5.46. The van der Waals surface area contributed by atoms with Crippen molar-refractivity contribution in [2.24, 2.45) is 0 Å². The van der Waals surface area contributed by atoms with Gasteiger partial charge in [-0.2, -0.15) is 0 Å². The summed E-state index contributed by atoms with van der Waals surface area (Å²) in [6.45, 7) is 2.28. The van der Waals surface area contributed by atoms with Crippen LogP contribution in [0.25, 0.3) is 0 Å². The lowest BCUT2D eigenvalue weighted by Gasteiger charge is -2.18. The van der Waals surface area contributed by atoms with Crippen molar-refractivity contribution in [1.82, 2.24) is 0 Å². The SMILES string of the molecule is O=C(COc1ccccc1)Nc1ccc(Nc2ccc(N3CCCC3)cc2)cc1. The van der Waals surface area contributed by atoms with Gasteiger partial charge in [0.05, 0.1) is 0 Å². The average Bonchev–Trinajstić information content (AvgIpc) is 3.30. The highest BCUT2D eigenvalue weighted by atomic mass is 16.5. The van der Waals surface area contributed by atoms with Gasteiger partial charge in [0.2, 0.25) is 0 Å². The zero-order chi connectivity index (χ0) is 19.9. The first-order valence-electron chi connectivity index (χ1n) is 9.96. The van der Waals surface area contributed by atoms with Crippen LogP contribution in [0.1, 0.15) is 12.8 Å². The Morgan fingerprint density at radius 2 is 1.38 bits per heavy atom. The third kappa shape index (κ3) is 5.29. The van der Waals surface area contributed by atoms with Gasteiger partial charge in [0.25, 0.3) is 5.91 Å². The minimum absolute atomic E-state index is 0.0205. The van der Waals surface area contributed by atoms with Gasteiger partial charge in [-0.15, -0.1) is 0 Å². The molecule has 0 aliphatic carbocycles. The monoisotopic (exact) mass is 387 g/mol. The van der Waals surface area contributed by atoms with Gasteiger partial charge in [0.1, 0.15) is 5.75 Å². The standard InChI is InChI=1S/C24H25N3O2/c28-24(18-29-23-6-2-1-3-7-23)26-21-10-8-19(9-11-21)25-20-12-14-22(15-13-20)27-16-4-5-17-27/h1-3,6-15,25H,4-5,16-18H2,(H,26,28). The van der Waals surface area contributed by atoms with Gasteiger partial charge in [-0.3, -0.25) is 4.79 Å². The van der Waals surface area contributed by atoms with E-state index < -0.39 is 0 Å². The molecule has 1 fully saturated rings. The summed E-state index contributed by atoms with van der Waals surface area (Å²) >= 11 is 0. The number of carbonyl (C=O) groups is 1. The van der Waals surface area contributed by atoms with Gasteiger partial charge in [0.15, 0.2) is 6.61 Å². The number of nitrogens with one attached hydrogen (secondary N) is 2. The van der Waals surface area contributed by atoms with E-state index in [-0.39, 0.29) is 12.5 Å². The summed E-state index contributed by atoms with van der Waals surface area (Å²) in [6.07, 6.45) is 2.56. The summed E-state index contributed by atoms with van der Waals surface area (Å²) in [7, 11) is 0. The van der Waals surface area contributed by atoms with Crippen LogP contribution >= 0.6 is 0 Å². The maximum absolute atomic E-state index is 12.0. The molecule has 2 N–H and O–H groups in total. The molecule has 1 aliphatic heterocycles. The molecule has 1 saturated heterocycles. The van der Waals surface area contributed by atoms with Gasteiger partial charge >= 0.3 is 0 Å². The second-order valence-electron chi connectivity index (χ2n) is 7.09. The van der Waals surface area contributed by atoms with Crippen molar-refractivity contribution in [3.8, 4) is 5.75 Å². The van der Waals surface area contributed by atoms with Gasteiger partial charge in [-0.05, 0) is 73.5 Å². The first-order valence-corrected chi connectivity index (χ1v) is 9.96. The van der Waals surface area contributed by atoms with Crippen LogP contribution in [0.3, 0.4) is 0 Å². The summed E-state index contributed by atoms with van der Waals surface area (Å²) in [5, 5.41) is 6.24. The molecule has 0 bridgehead atoms. The molecule has 0 saturated carbocycles. The minimum Gasteiger partial charge on any atom is -0.484 e. The number of ether oxygens (including phenoxy) is 1. The highest BCUT2D eigenvalue weighted by Gasteiger charge is 2.11. The van der Waals surface area contributed by atoms with Crippen LogP contribution in [0.2, 0.25) is 0 Å². The highest BCUT2D eigenvalue weighted by molar-refractivity contribution is 5.92. The number of hydrogen-bond acceptors (Lipinski definition) is 4. The second-order valence-corrected chi connectivity index (χ2v) is 7.09. The van der Waals surface area contributed by atoms with Crippen molar-refractivity contribution in [3.63, 3.8) is 0 Å². The van der Waals surface area contributed by atoms with Gasteiger partial charge in [-0.25, -0.2) is 0 Å². The normalized spacial score (nSPS) is 13.2. The van der Waals surface area contributed by atoms with Crippen LogP contribution < -0.4 is 20.3 Å². The van der Waals surface area contributed by atoms with Crippen molar-refractivity contribution in [2.45, 2.75) is 12.8 Å². The van der Waals surface area contributed by atoms with E-state index in [1.54, 1.807) is 0 Å². The largest absolute Gasteiger partial charge is 0.484 e. The summed E-state index contributed by atoms with van der Waals surface area (Å²) in [6, 6.07) is 25.5. The van der Waals surface area contributed by atoms with Crippen LogP contribution in [0, 0.1) is 0 Å². The van der Waals surface area contributed by atoms with E-state index in [0.29, 0.717) is 5.75 Å². The Morgan fingerprint density at radius 1 is 0.793 bits per heavy atom. The van der Waals surface area contributed by atoms with Crippen molar-refractivity contribution >= 4 is 28.7 Å². The van der Waals surface area contributed by atoms with E-state index in [1.165, 1.54) is 18.5 Å². The Hall–Kier alpha value is -3.47. The zero-order valence-corrected chi connectivity index (χ0v) is 16.3. The molecule has 5 heteroatoms. The fourth-order valence-corrected chi connectivity index (χ4v) is 3.40. The number of carbonyl (C=O) groups excluding carboxylic acids is 1. The molecule has 3 aromatic rings. The molecular weight excluding hydrogens is 362 g/mol. The number of rotatable bonds is 7. The second kappa shape index (κ2) is 9.15. The number of amides is 1. The summed E-state index contributed by atoms with van der Waals surface area (Å²) in [5.41, 5.74) is 4.03. The number of nitrogens with zero attached hydrogens (tertiary/aromatic N) is 1. The lowest BCUT2D eigenvalue weighted by molar-refractivity contribution is -0.118. The zero-order valence-electron chi connectivity index (χ0n) is 16.3. The van der Waals surface area contributed by atoms with E-state index >= 15 is 0 Å². The third-order valence-corrected chi connectivity index (χ3v) is 4.91. The highest BCUT2D eigenvalue weighted by Crippen LogP contribution is 2.24. The number of anilines is 4. The minimum atomic E-state index is -0.188. The molecule has 0 radical (unpaired) electrons. The molecule has 148 valence electrons. The summed E-state index contributed by atoms with van der Waals surface area (Å²) in [4.78, 5) is 14.5. The van der Waals surface area contributed by atoms with Crippen molar-refractivity contribution in [2.75, 3.05) is 35.2 Å². The van der Waals surface area contributed by atoms with E-state index in [0.717, 1.165) is 30.2 Å². The molecule has 0 aromatic heterocycles. The number of hydrogen-bond donors (Lipinski definition) is 2. The summed E-state index contributed by atoms with van der Waals surface area (Å²) in [5.74, 6) is 0.491. The van der Waals surface area contributed by atoms with Gasteiger partial charge in [0, 0.05) is 35.8 Å². The Balaban J connectivity index is 1.28. The topological polar surface area (TPSA) is 53.6 Å². The maximum Gasteiger partial charge on any atom is 0.262 e. The molecule has 3 aromatic carbocycles. The fraction of sp³-hybridized carbons (Fsp3) is 0.208. The molecule has 1 amide bonds. The maximum atomic E-state index is 12.0. The number of benzene rings is 3. The Labute approximate surface area is 171 Å². The van der Waals surface area contributed by atoms with Crippen molar-refractivity contribution in [1.29, 1.82) is 0 Å². The predicted octanol–water partition coefficient (Wildman–Crippen LogP) is 5.05. The molecule has 0 spiro atoms. The van der Waals surface area contributed by atoms with Crippen molar-refractivity contribution < 1.29 is 9.53 Å². The third-order valence-electron chi connectivity index (χ3n) is 4.91. The quantitative estimate of drug-likeness (QED) is 0.596. The van der Waals surface area contributed by atoms with Crippen LogP contribution in [-0.4, -0.2) is 25.6 Å². The van der Waals surface area contributed by atoms with Crippen LogP contribution in [0.5, 0.6) is 5.75 Å².